The summed E-state index contributed by atoms with van der Waals surface area (Å²) in [6.45, 7) is 3.03. The number of nitrogens with one attached hydrogen (secondary N) is 2. The van der Waals surface area contributed by atoms with Crippen molar-refractivity contribution < 1.29 is 9.53 Å². The molecule has 2 N–H and O–H groups in total. The van der Waals surface area contributed by atoms with Crippen LogP contribution in [0.2, 0.25) is 0 Å². The lowest BCUT2D eigenvalue weighted by atomic mass is 9.91. The Morgan fingerprint density at radius 2 is 1.88 bits per heavy atom. The van der Waals surface area contributed by atoms with Crippen LogP contribution in [0.5, 0.6) is 5.75 Å². The van der Waals surface area contributed by atoms with Crippen molar-refractivity contribution in [2.45, 2.75) is 31.8 Å². The first-order valence-corrected chi connectivity index (χ1v) is 8.90. The lowest BCUT2D eigenvalue weighted by Gasteiger charge is -2.29. The van der Waals surface area contributed by atoms with Crippen molar-refractivity contribution in [1.82, 2.24) is 10.6 Å². The van der Waals surface area contributed by atoms with Crippen LogP contribution in [0.3, 0.4) is 0 Å². The van der Waals surface area contributed by atoms with Crippen LogP contribution in [0.25, 0.3) is 0 Å². The maximum atomic E-state index is 12.9. The highest BCUT2D eigenvalue weighted by Crippen LogP contribution is 2.30. The Labute approximate surface area is 149 Å². The summed E-state index contributed by atoms with van der Waals surface area (Å²) in [5.74, 6) is 0.959. The molecule has 2 aromatic rings. The number of hydrogen-bond acceptors (Lipinski definition) is 3. The average molecular weight is 338 g/mol. The lowest BCUT2D eigenvalue weighted by Crippen LogP contribution is -2.43. The van der Waals surface area contributed by atoms with Gasteiger partial charge in [-0.25, -0.2) is 0 Å². The Kier molecular flexibility index (Phi) is 5.71. The molecule has 0 saturated carbocycles. The number of amides is 1. The van der Waals surface area contributed by atoms with E-state index in [1.54, 1.807) is 7.11 Å². The SMILES string of the molecule is COc1ccccc1C(NC(=O)[C@H]1CCN[C@@H](C)C1)c1ccccc1. The molecule has 132 valence electrons. The van der Waals surface area contributed by atoms with E-state index >= 15 is 0 Å². The van der Waals surface area contributed by atoms with Crippen LogP contribution in [0, 0.1) is 5.92 Å². The van der Waals surface area contributed by atoms with Gasteiger partial charge in [0.05, 0.1) is 13.2 Å². The van der Waals surface area contributed by atoms with Crippen molar-refractivity contribution >= 4 is 5.91 Å². The van der Waals surface area contributed by atoms with E-state index in [0.717, 1.165) is 36.3 Å². The predicted molar refractivity (Wildman–Crippen MR) is 99.6 cm³/mol. The standard InChI is InChI=1S/C21H26N2O2/c1-15-14-17(12-13-22-15)21(24)23-20(16-8-4-3-5-9-16)18-10-6-7-11-19(18)25-2/h3-11,15,17,20,22H,12-14H2,1-2H3,(H,23,24)/t15-,17-,20?/m0/s1. The first-order valence-electron chi connectivity index (χ1n) is 8.90. The van der Waals surface area contributed by atoms with Crippen LogP contribution in [-0.2, 0) is 4.79 Å². The second kappa shape index (κ2) is 8.17. The molecule has 0 bridgehead atoms. The highest BCUT2D eigenvalue weighted by molar-refractivity contribution is 5.80. The van der Waals surface area contributed by atoms with Gasteiger partial charge in [-0.05, 0) is 37.9 Å². The summed E-state index contributed by atoms with van der Waals surface area (Å²) >= 11 is 0. The molecule has 0 aromatic heterocycles. The third-order valence-corrected chi connectivity index (χ3v) is 4.86. The topological polar surface area (TPSA) is 50.4 Å². The molecule has 1 fully saturated rings. The second-order valence-electron chi connectivity index (χ2n) is 6.67. The van der Waals surface area contributed by atoms with Crippen molar-refractivity contribution in [3.63, 3.8) is 0 Å². The molecule has 3 atom stereocenters. The van der Waals surface area contributed by atoms with Gasteiger partial charge in [0, 0.05) is 17.5 Å². The van der Waals surface area contributed by atoms with Gasteiger partial charge in [-0.2, -0.15) is 0 Å². The molecule has 1 aliphatic rings. The number of carbonyl (C=O) groups is 1. The summed E-state index contributed by atoms with van der Waals surface area (Å²) < 4.78 is 5.53. The van der Waals surface area contributed by atoms with E-state index in [0.29, 0.717) is 6.04 Å². The zero-order chi connectivity index (χ0) is 17.6. The molecule has 1 unspecified atom stereocenters. The molecule has 1 amide bonds. The number of piperidine rings is 1. The minimum absolute atomic E-state index is 0.0529. The Morgan fingerprint density at radius 3 is 2.60 bits per heavy atom. The normalized spacial score (nSPS) is 21.4. The number of rotatable bonds is 5. The van der Waals surface area contributed by atoms with Crippen molar-refractivity contribution in [3.05, 3.63) is 65.7 Å². The maximum Gasteiger partial charge on any atom is 0.223 e. The second-order valence-corrected chi connectivity index (χ2v) is 6.67. The molecule has 1 saturated heterocycles. The largest absolute Gasteiger partial charge is 0.496 e. The fourth-order valence-electron chi connectivity index (χ4n) is 3.52. The van der Waals surface area contributed by atoms with E-state index < -0.39 is 0 Å². The highest BCUT2D eigenvalue weighted by Gasteiger charge is 2.28. The first-order chi connectivity index (χ1) is 12.2. The quantitative estimate of drug-likeness (QED) is 0.879. The summed E-state index contributed by atoms with van der Waals surface area (Å²) in [4.78, 5) is 12.9. The first kappa shape index (κ1) is 17.5. The minimum Gasteiger partial charge on any atom is -0.496 e. The van der Waals surface area contributed by atoms with E-state index in [1.165, 1.54) is 0 Å². The van der Waals surface area contributed by atoms with E-state index in [-0.39, 0.29) is 17.9 Å². The molecule has 0 radical (unpaired) electrons. The lowest BCUT2D eigenvalue weighted by molar-refractivity contribution is -0.126. The Bertz CT molecular complexity index is 702. The fourth-order valence-corrected chi connectivity index (χ4v) is 3.52. The third kappa shape index (κ3) is 4.20. The molecule has 4 nitrogen and oxygen atoms in total. The van der Waals surface area contributed by atoms with Gasteiger partial charge in [-0.3, -0.25) is 4.79 Å². The van der Waals surface area contributed by atoms with Crippen LogP contribution in [0.15, 0.2) is 54.6 Å². The van der Waals surface area contributed by atoms with Gasteiger partial charge in [0.15, 0.2) is 0 Å². The molecule has 25 heavy (non-hydrogen) atoms. The van der Waals surface area contributed by atoms with Crippen LogP contribution < -0.4 is 15.4 Å². The number of methoxy groups -OCH3 is 1. The molecular formula is C21H26N2O2. The summed E-state index contributed by atoms with van der Waals surface area (Å²) in [5, 5.41) is 6.67. The molecule has 2 aromatic carbocycles. The van der Waals surface area contributed by atoms with Crippen LogP contribution in [-0.4, -0.2) is 25.6 Å². The smallest absolute Gasteiger partial charge is 0.223 e. The molecule has 1 aliphatic heterocycles. The fraction of sp³-hybridized carbons (Fsp3) is 0.381. The van der Waals surface area contributed by atoms with Gasteiger partial charge in [0.25, 0.3) is 0 Å². The average Bonchev–Trinajstić information content (AvgIpc) is 2.66. The van der Waals surface area contributed by atoms with Gasteiger partial charge in [0.1, 0.15) is 5.75 Å². The summed E-state index contributed by atoms with van der Waals surface area (Å²) in [6.07, 6.45) is 1.75. The van der Waals surface area contributed by atoms with Crippen molar-refractivity contribution in [1.29, 1.82) is 0 Å². The maximum absolute atomic E-state index is 12.9. The van der Waals surface area contributed by atoms with Crippen LogP contribution in [0.1, 0.15) is 36.9 Å². The number of hydrogen-bond donors (Lipinski definition) is 2. The monoisotopic (exact) mass is 338 g/mol. The van der Waals surface area contributed by atoms with Crippen LogP contribution >= 0.6 is 0 Å². The van der Waals surface area contributed by atoms with Gasteiger partial charge in [-0.15, -0.1) is 0 Å². The van der Waals surface area contributed by atoms with E-state index in [9.17, 15) is 4.79 Å². The van der Waals surface area contributed by atoms with Crippen molar-refractivity contribution in [2.75, 3.05) is 13.7 Å². The van der Waals surface area contributed by atoms with E-state index in [1.807, 2.05) is 54.6 Å². The molecule has 3 rings (SSSR count). The zero-order valence-electron chi connectivity index (χ0n) is 14.9. The highest BCUT2D eigenvalue weighted by atomic mass is 16.5. The Balaban J connectivity index is 1.88. The zero-order valence-corrected chi connectivity index (χ0v) is 14.9. The summed E-state index contributed by atoms with van der Waals surface area (Å²) in [7, 11) is 1.66. The van der Waals surface area contributed by atoms with E-state index in [4.69, 9.17) is 4.74 Å². The Hall–Kier alpha value is -2.33. The number of ether oxygens (including phenoxy) is 1. The summed E-state index contributed by atoms with van der Waals surface area (Å²) in [5.41, 5.74) is 2.04. The Morgan fingerprint density at radius 1 is 1.16 bits per heavy atom. The molecule has 4 heteroatoms. The minimum atomic E-state index is -0.213. The van der Waals surface area contributed by atoms with Crippen molar-refractivity contribution in [2.24, 2.45) is 5.92 Å². The number of benzene rings is 2. The van der Waals surface area contributed by atoms with Gasteiger partial charge < -0.3 is 15.4 Å². The van der Waals surface area contributed by atoms with Gasteiger partial charge >= 0.3 is 0 Å². The molecule has 1 heterocycles. The number of para-hydroxylation sites is 1. The molecular weight excluding hydrogens is 312 g/mol. The van der Waals surface area contributed by atoms with Crippen LogP contribution in [0.4, 0.5) is 0 Å². The molecule has 0 spiro atoms. The molecule has 0 aliphatic carbocycles. The third-order valence-electron chi connectivity index (χ3n) is 4.86. The van der Waals surface area contributed by atoms with Gasteiger partial charge in [-0.1, -0.05) is 48.5 Å². The van der Waals surface area contributed by atoms with Crippen molar-refractivity contribution in [3.8, 4) is 5.75 Å². The number of carbonyl (C=O) groups excluding carboxylic acids is 1. The predicted octanol–water partition coefficient (Wildman–Crippen LogP) is 3.29. The van der Waals surface area contributed by atoms with E-state index in [2.05, 4.69) is 17.6 Å². The summed E-state index contributed by atoms with van der Waals surface area (Å²) in [6, 6.07) is 18.1. The van der Waals surface area contributed by atoms with Gasteiger partial charge in [0.2, 0.25) is 5.91 Å².